The molecule has 4 nitrogen and oxygen atoms in total. The molecule has 0 aliphatic carbocycles. The zero-order valence-corrected chi connectivity index (χ0v) is 15.7. The molecule has 1 fully saturated rings. The van der Waals surface area contributed by atoms with E-state index in [1.165, 1.54) is 9.75 Å². The number of nitrogens with zero attached hydrogens (tertiary/aromatic N) is 1. The molecule has 1 aromatic carbocycles. The fourth-order valence-electron chi connectivity index (χ4n) is 3.21. The van der Waals surface area contributed by atoms with E-state index in [4.69, 9.17) is 4.74 Å². The Labute approximate surface area is 153 Å². The van der Waals surface area contributed by atoms with Crippen molar-refractivity contribution in [2.75, 3.05) is 26.7 Å². The highest BCUT2D eigenvalue weighted by Crippen LogP contribution is 2.20. The molecule has 1 aliphatic heterocycles. The van der Waals surface area contributed by atoms with Gasteiger partial charge in [0.25, 0.3) is 0 Å². The second kappa shape index (κ2) is 8.61. The van der Waals surface area contributed by atoms with E-state index in [1.807, 2.05) is 30.3 Å². The van der Waals surface area contributed by atoms with Crippen LogP contribution in [0.2, 0.25) is 0 Å². The second-order valence-electron chi connectivity index (χ2n) is 6.78. The second-order valence-corrected chi connectivity index (χ2v) is 8.16. The molecular weight excluding hydrogens is 332 g/mol. The van der Waals surface area contributed by atoms with Gasteiger partial charge in [0, 0.05) is 28.8 Å². The molecule has 0 saturated carbocycles. The maximum atomic E-state index is 12.7. The average molecular weight is 359 g/mol. The van der Waals surface area contributed by atoms with Crippen molar-refractivity contribution in [2.24, 2.45) is 5.92 Å². The van der Waals surface area contributed by atoms with Crippen LogP contribution < -0.4 is 5.32 Å². The molecule has 0 radical (unpaired) electrons. The summed E-state index contributed by atoms with van der Waals surface area (Å²) in [5.74, 6) is 0.263. The highest BCUT2D eigenvalue weighted by Gasteiger charge is 2.25. The van der Waals surface area contributed by atoms with Crippen molar-refractivity contribution in [2.45, 2.75) is 25.9 Å². The number of ether oxygens (including phenoxy) is 1. The van der Waals surface area contributed by atoms with Crippen LogP contribution in [-0.2, 0) is 16.1 Å². The largest absolute Gasteiger partial charge is 0.464 e. The lowest BCUT2D eigenvalue weighted by molar-refractivity contribution is -0.147. The number of esters is 1. The summed E-state index contributed by atoms with van der Waals surface area (Å²) in [4.78, 5) is 17.5. The Morgan fingerprint density at radius 3 is 2.76 bits per heavy atom. The number of aryl methyl sites for hydroxylation is 1. The van der Waals surface area contributed by atoms with Gasteiger partial charge in [-0.05, 0) is 44.6 Å². The number of carbonyl (C=O) groups excluding carboxylic acids is 1. The number of carbonyl (C=O) groups is 1. The Hall–Kier alpha value is -1.69. The summed E-state index contributed by atoms with van der Waals surface area (Å²) in [6.45, 7) is 5.35. The number of rotatable bonds is 7. The topological polar surface area (TPSA) is 41.6 Å². The van der Waals surface area contributed by atoms with Crippen molar-refractivity contribution in [3.05, 3.63) is 57.8 Å². The summed E-state index contributed by atoms with van der Waals surface area (Å²) in [6, 6.07) is 13.6. The molecule has 25 heavy (non-hydrogen) atoms. The van der Waals surface area contributed by atoms with E-state index in [0.29, 0.717) is 19.1 Å². The van der Waals surface area contributed by atoms with Crippen LogP contribution in [0.5, 0.6) is 0 Å². The normalized spacial score (nSPS) is 19.0. The summed E-state index contributed by atoms with van der Waals surface area (Å²) in [6.07, 6.45) is 1.10. The first-order chi connectivity index (χ1) is 12.1. The van der Waals surface area contributed by atoms with Crippen LogP contribution in [0.15, 0.2) is 42.5 Å². The highest BCUT2D eigenvalue weighted by molar-refractivity contribution is 7.11. The van der Waals surface area contributed by atoms with Gasteiger partial charge in [0.05, 0.1) is 6.61 Å². The maximum absolute atomic E-state index is 12.7. The molecule has 0 amide bonds. The lowest BCUT2D eigenvalue weighted by Crippen LogP contribution is -2.31. The van der Waals surface area contributed by atoms with Crippen LogP contribution in [0.1, 0.15) is 27.8 Å². The van der Waals surface area contributed by atoms with Gasteiger partial charge in [0.2, 0.25) is 0 Å². The summed E-state index contributed by atoms with van der Waals surface area (Å²) in [7, 11) is 2.11. The zero-order chi connectivity index (χ0) is 17.6. The Balaban J connectivity index is 1.62. The number of likely N-dealkylation sites (tertiary alicyclic amines) is 1. The lowest BCUT2D eigenvalue weighted by Gasteiger charge is -2.19. The van der Waals surface area contributed by atoms with Gasteiger partial charge >= 0.3 is 5.97 Å². The first kappa shape index (κ1) is 18.1. The van der Waals surface area contributed by atoms with Crippen molar-refractivity contribution in [1.29, 1.82) is 0 Å². The minimum Gasteiger partial charge on any atom is -0.464 e. The number of hydrogen-bond donors (Lipinski definition) is 1. The van der Waals surface area contributed by atoms with Crippen molar-refractivity contribution >= 4 is 17.3 Å². The molecule has 1 N–H and O–H groups in total. The van der Waals surface area contributed by atoms with Crippen LogP contribution in [0, 0.1) is 12.8 Å². The number of nitrogens with one attached hydrogen (secondary N) is 1. The quantitative estimate of drug-likeness (QED) is 0.771. The summed E-state index contributed by atoms with van der Waals surface area (Å²) in [5, 5.41) is 3.38. The third kappa shape index (κ3) is 5.14. The van der Waals surface area contributed by atoms with Gasteiger partial charge < -0.3 is 9.64 Å². The predicted molar refractivity (Wildman–Crippen MR) is 102 cm³/mol. The first-order valence-corrected chi connectivity index (χ1v) is 9.62. The van der Waals surface area contributed by atoms with Gasteiger partial charge in [-0.3, -0.25) is 5.32 Å². The van der Waals surface area contributed by atoms with Crippen LogP contribution >= 0.6 is 11.3 Å². The molecule has 1 saturated heterocycles. The molecule has 5 heteroatoms. The molecule has 2 unspecified atom stereocenters. The van der Waals surface area contributed by atoms with E-state index in [1.54, 1.807) is 11.3 Å². The average Bonchev–Trinajstić information content (AvgIpc) is 3.22. The van der Waals surface area contributed by atoms with Crippen LogP contribution in [0.4, 0.5) is 0 Å². The number of hydrogen-bond acceptors (Lipinski definition) is 5. The predicted octanol–water partition coefficient (Wildman–Crippen LogP) is 3.38. The van der Waals surface area contributed by atoms with E-state index in [0.717, 1.165) is 25.1 Å². The van der Waals surface area contributed by atoms with Gasteiger partial charge in [-0.2, -0.15) is 0 Å². The smallest absolute Gasteiger partial charge is 0.327 e. The van der Waals surface area contributed by atoms with E-state index >= 15 is 0 Å². The van der Waals surface area contributed by atoms with Crippen LogP contribution in [0.3, 0.4) is 0 Å². The Morgan fingerprint density at radius 2 is 2.12 bits per heavy atom. The molecule has 134 valence electrons. The van der Waals surface area contributed by atoms with Crippen molar-refractivity contribution in [3.8, 4) is 0 Å². The van der Waals surface area contributed by atoms with Crippen molar-refractivity contribution < 1.29 is 9.53 Å². The van der Waals surface area contributed by atoms with E-state index < -0.39 is 6.04 Å². The maximum Gasteiger partial charge on any atom is 0.327 e. The molecule has 2 aromatic rings. The molecule has 0 spiro atoms. The van der Waals surface area contributed by atoms with Gasteiger partial charge in [-0.25, -0.2) is 4.79 Å². The van der Waals surface area contributed by atoms with Crippen LogP contribution in [0.25, 0.3) is 0 Å². The van der Waals surface area contributed by atoms with Crippen molar-refractivity contribution in [1.82, 2.24) is 10.2 Å². The SMILES string of the molecule is Cc1ccc(CNC(C(=O)OCC2CCN(C)C2)c2ccccc2)s1. The lowest BCUT2D eigenvalue weighted by atomic mass is 10.1. The monoisotopic (exact) mass is 358 g/mol. The number of benzene rings is 1. The molecule has 2 atom stereocenters. The minimum atomic E-state index is -0.428. The molecule has 1 aromatic heterocycles. The molecular formula is C20H26N2O2S. The van der Waals surface area contributed by atoms with E-state index in [2.05, 4.69) is 36.3 Å². The fourth-order valence-corrected chi connectivity index (χ4v) is 4.05. The fraction of sp³-hybridized carbons (Fsp3) is 0.450. The Bertz CT molecular complexity index is 686. The molecule has 2 heterocycles. The third-order valence-electron chi connectivity index (χ3n) is 4.60. The van der Waals surface area contributed by atoms with E-state index in [9.17, 15) is 4.79 Å². The minimum absolute atomic E-state index is 0.186. The molecule has 3 rings (SSSR count). The van der Waals surface area contributed by atoms with E-state index in [-0.39, 0.29) is 5.97 Å². The molecule has 0 bridgehead atoms. The zero-order valence-electron chi connectivity index (χ0n) is 14.9. The van der Waals surface area contributed by atoms with Crippen molar-refractivity contribution in [3.63, 3.8) is 0 Å². The van der Waals surface area contributed by atoms with Gasteiger partial charge in [0.15, 0.2) is 0 Å². The Morgan fingerprint density at radius 1 is 1.32 bits per heavy atom. The Kier molecular flexibility index (Phi) is 6.24. The van der Waals surface area contributed by atoms with Gasteiger partial charge in [-0.1, -0.05) is 30.3 Å². The molecule has 1 aliphatic rings. The summed E-state index contributed by atoms with van der Waals surface area (Å²) < 4.78 is 5.66. The van der Waals surface area contributed by atoms with Crippen LogP contribution in [-0.4, -0.2) is 37.6 Å². The third-order valence-corrected chi connectivity index (χ3v) is 5.60. The summed E-state index contributed by atoms with van der Waals surface area (Å²) >= 11 is 1.75. The highest BCUT2D eigenvalue weighted by atomic mass is 32.1. The van der Waals surface area contributed by atoms with Gasteiger partial charge in [-0.15, -0.1) is 11.3 Å². The number of thiophene rings is 1. The summed E-state index contributed by atoms with van der Waals surface area (Å²) in [5.41, 5.74) is 0.948. The first-order valence-electron chi connectivity index (χ1n) is 8.80. The van der Waals surface area contributed by atoms with Gasteiger partial charge in [0.1, 0.15) is 6.04 Å². The standard InChI is InChI=1S/C20H26N2O2S/c1-15-8-9-18(25-15)12-21-19(17-6-4-3-5-7-17)20(23)24-14-16-10-11-22(2)13-16/h3-9,16,19,21H,10-14H2,1-2H3.